The van der Waals surface area contributed by atoms with Crippen molar-refractivity contribution in [2.75, 3.05) is 20.3 Å². The van der Waals surface area contributed by atoms with Crippen LogP contribution in [0.15, 0.2) is 10.8 Å². The summed E-state index contributed by atoms with van der Waals surface area (Å²) in [4.78, 5) is 16.1. The Hall–Kier alpha value is -0.920. The van der Waals surface area contributed by atoms with Crippen molar-refractivity contribution in [3.63, 3.8) is 0 Å². The normalized spacial score (nSPS) is 26.7. The first-order chi connectivity index (χ1) is 10.5. The van der Waals surface area contributed by atoms with Crippen LogP contribution >= 0.6 is 15.9 Å². The molecule has 1 spiro atoms. The minimum absolute atomic E-state index is 0.0568. The lowest BCUT2D eigenvalue weighted by Crippen LogP contribution is -2.37. The van der Waals surface area contributed by atoms with Gasteiger partial charge in [0.05, 0.1) is 7.11 Å². The predicted molar refractivity (Wildman–Crippen MR) is 84.4 cm³/mol. The summed E-state index contributed by atoms with van der Waals surface area (Å²) in [5.74, 6) is 0.486. The zero-order valence-corrected chi connectivity index (χ0v) is 14.6. The van der Waals surface area contributed by atoms with Crippen LogP contribution in [0.4, 0.5) is 0 Å². The molecule has 7 heteroatoms. The largest absolute Gasteiger partial charge is 0.467 e. The molecule has 1 atom stereocenters. The van der Waals surface area contributed by atoms with Crippen molar-refractivity contribution in [2.45, 2.75) is 43.2 Å². The number of nitrogens with one attached hydrogen (secondary N) is 1. The van der Waals surface area contributed by atoms with Crippen LogP contribution in [0.5, 0.6) is 0 Å². The van der Waals surface area contributed by atoms with Gasteiger partial charge in [-0.2, -0.15) is 0 Å². The highest BCUT2D eigenvalue weighted by molar-refractivity contribution is 9.10. The number of hydrogen-bond acceptors (Lipinski definition) is 5. The van der Waals surface area contributed by atoms with Gasteiger partial charge in [0.15, 0.2) is 0 Å². The number of ether oxygens (including phenoxy) is 2. The molecule has 0 bridgehead atoms. The molecule has 122 valence electrons. The number of halogens is 1. The van der Waals surface area contributed by atoms with Gasteiger partial charge in [0.1, 0.15) is 22.6 Å². The smallest absolute Gasteiger partial charge is 0.331 e. The number of aryl methyl sites for hydroxylation is 1. The average Bonchev–Trinajstić information content (AvgIpc) is 3.18. The summed E-state index contributed by atoms with van der Waals surface area (Å²) in [5, 5.41) is 3.65. The van der Waals surface area contributed by atoms with Crippen molar-refractivity contribution in [3.05, 3.63) is 16.6 Å². The number of rotatable bonds is 4. The lowest BCUT2D eigenvalue weighted by atomic mass is 9.88. The third kappa shape index (κ3) is 2.81. The molecule has 3 rings (SSSR count). The fraction of sp³-hybridized carbons (Fsp3) is 0.733. The molecule has 0 amide bonds. The molecule has 1 aromatic rings. The van der Waals surface area contributed by atoms with E-state index in [1.54, 1.807) is 0 Å². The van der Waals surface area contributed by atoms with Crippen LogP contribution in [0.2, 0.25) is 0 Å². The first kappa shape index (κ1) is 16.0. The number of methoxy groups -OCH3 is 1. The average molecular weight is 372 g/mol. The molecule has 2 heterocycles. The van der Waals surface area contributed by atoms with Crippen LogP contribution in [0.25, 0.3) is 0 Å². The first-order valence-corrected chi connectivity index (χ1v) is 8.43. The van der Waals surface area contributed by atoms with Crippen molar-refractivity contribution in [3.8, 4) is 0 Å². The highest BCUT2D eigenvalue weighted by Crippen LogP contribution is 2.46. The SMILES string of the molecule is COC(=O)COC1(c2nc(Br)cn2C)CNC2(CCCC2)C1. The fourth-order valence-electron chi connectivity index (χ4n) is 3.84. The molecule has 1 N–H and O–H groups in total. The highest BCUT2D eigenvalue weighted by atomic mass is 79.9. The van der Waals surface area contributed by atoms with E-state index in [2.05, 4.69) is 26.2 Å². The van der Waals surface area contributed by atoms with E-state index >= 15 is 0 Å². The molecule has 1 aliphatic carbocycles. The van der Waals surface area contributed by atoms with Gasteiger partial charge < -0.3 is 19.4 Å². The molecule has 0 radical (unpaired) electrons. The van der Waals surface area contributed by atoms with Crippen molar-refractivity contribution in [1.82, 2.24) is 14.9 Å². The monoisotopic (exact) mass is 371 g/mol. The quantitative estimate of drug-likeness (QED) is 0.818. The third-order valence-electron chi connectivity index (χ3n) is 4.88. The molecule has 1 aliphatic heterocycles. The second kappa shape index (κ2) is 5.94. The maximum absolute atomic E-state index is 11.5. The molecule has 22 heavy (non-hydrogen) atoms. The molecule has 1 unspecified atom stereocenters. The van der Waals surface area contributed by atoms with E-state index < -0.39 is 5.60 Å². The Morgan fingerprint density at radius 2 is 2.23 bits per heavy atom. The van der Waals surface area contributed by atoms with Crippen LogP contribution in [-0.4, -0.2) is 41.3 Å². The Morgan fingerprint density at radius 3 is 2.82 bits per heavy atom. The van der Waals surface area contributed by atoms with E-state index in [0.717, 1.165) is 29.7 Å². The molecule has 2 fully saturated rings. The number of imidazole rings is 1. The summed E-state index contributed by atoms with van der Waals surface area (Å²) in [6, 6.07) is 0. The van der Waals surface area contributed by atoms with Crippen LogP contribution < -0.4 is 5.32 Å². The van der Waals surface area contributed by atoms with Gasteiger partial charge in [0, 0.05) is 31.7 Å². The van der Waals surface area contributed by atoms with Gasteiger partial charge in [-0.3, -0.25) is 0 Å². The van der Waals surface area contributed by atoms with Gasteiger partial charge in [0.25, 0.3) is 0 Å². The minimum Gasteiger partial charge on any atom is -0.467 e. The molecule has 0 aromatic carbocycles. The molecule has 6 nitrogen and oxygen atoms in total. The second-order valence-electron chi connectivity index (χ2n) is 6.38. The van der Waals surface area contributed by atoms with Crippen molar-refractivity contribution >= 4 is 21.9 Å². The van der Waals surface area contributed by atoms with Gasteiger partial charge in [-0.15, -0.1) is 0 Å². The third-order valence-corrected chi connectivity index (χ3v) is 5.26. The van der Waals surface area contributed by atoms with Gasteiger partial charge in [-0.05, 0) is 28.8 Å². The van der Waals surface area contributed by atoms with E-state index in [-0.39, 0.29) is 18.1 Å². The topological polar surface area (TPSA) is 65.4 Å². The summed E-state index contributed by atoms with van der Waals surface area (Å²) in [7, 11) is 3.33. The van der Waals surface area contributed by atoms with Gasteiger partial charge in [0.2, 0.25) is 0 Å². The number of carbonyl (C=O) groups excluding carboxylic acids is 1. The Kier molecular flexibility index (Phi) is 4.31. The van der Waals surface area contributed by atoms with E-state index in [1.807, 2.05) is 17.8 Å². The number of carbonyl (C=O) groups is 1. The standard InChI is InChI=1S/C15H22BrN3O3/c1-19-7-11(16)18-13(19)15(22-8-12(20)21-2)9-14(17-10-15)5-3-4-6-14/h7,17H,3-6,8-10H2,1-2H3. The lowest BCUT2D eigenvalue weighted by Gasteiger charge is -2.30. The van der Waals surface area contributed by atoms with Crippen LogP contribution in [0.3, 0.4) is 0 Å². The Morgan fingerprint density at radius 1 is 1.50 bits per heavy atom. The molecular weight excluding hydrogens is 350 g/mol. The van der Waals surface area contributed by atoms with Crippen molar-refractivity contribution in [1.29, 1.82) is 0 Å². The fourth-order valence-corrected chi connectivity index (χ4v) is 4.32. The van der Waals surface area contributed by atoms with Crippen molar-refractivity contribution < 1.29 is 14.3 Å². The number of hydrogen-bond donors (Lipinski definition) is 1. The summed E-state index contributed by atoms with van der Waals surface area (Å²) < 4.78 is 13.5. The summed E-state index contributed by atoms with van der Waals surface area (Å²) in [6.07, 6.45) is 7.55. The Bertz CT molecular complexity index is 568. The number of esters is 1. The Labute approximate surface area is 138 Å². The maximum atomic E-state index is 11.5. The molecule has 1 aromatic heterocycles. The summed E-state index contributed by atoms with van der Waals surface area (Å²) in [5.41, 5.74) is -0.464. The maximum Gasteiger partial charge on any atom is 0.331 e. The van der Waals surface area contributed by atoms with E-state index in [0.29, 0.717) is 6.54 Å². The lowest BCUT2D eigenvalue weighted by molar-refractivity contribution is -0.154. The number of nitrogens with zero attached hydrogens (tertiary/aromatic N) is 2. The zero-order valence-electron chi connectivity index (χ0n) is 13.0. The molecule has 1 saturated heterocycles. The first-order valence-electron chi connectivity index (χ1n) is 7.64. The molecule has 1 saturated carbocycles. The van der Waals surface area contributed by atoms with Gasteiger partial charge in [-0.25, -0.2) is 9.78 Å². The number of aromatic nitrogens is 2. The van der Waals surface area contributed by atoms with Gasteiger partial charge >= 0.3 is 5.97 Å². The second-order valence-corrected chi connectivity index (χ2v) is 7.19. The van der Waals surface area contributed by atoms with E-state index in [9.17, 15) is 4.79 Å². The van der Waals surface area contributed by atoms with Crippen LogP contribution in [0.1, 0.15) is 37.9 Å². The molecule has 2 aliphatic rings. The van der Waals surface area contributed by atoms with Crippen LogP contribution in [0, 0.1) is 0 Å². The predicted octanol–water partition coefficient (Wildman–Crippen LogP) is 1.87. The van der Waals surface area contributed by atoms with Crippen molar-refractivity contribution in [2.24, 2.45) is 7.05 Å². The molecular formula is C15H22BrN3O3. The van der Waals surface area contributed by atoms with Gasteiger partial charge in [-0.1, -0.05) is 12.8 Å². The summed E-state index contributed by atoms with van der Waals surface area (Å²) in [6.45, 7) is 0.611. The van der Waals surface area contributed by atoms with Crippen LogP contribution in [-0.2, 0) is 26.9 Å². The van der Waals surface area contributed by atoms with E-state index in [1.165, 1.54) is 20.0 Å². The van der Waals surface area contributed by atoms with E-state index in [4.69, 9.17) is 9.47 Å². The summed E-state index contributed by atoms with van der Waals surface area (Å²) >= 11 is 3.42. The highest BCUT2D eigenvalue weighted by Gasteiger charge is 2.53. The zero-order chi connectivity index (χ0) is 15.8. The minimum atomic E-state index is -0.584. The Balaban J connectivity index is 1.89.